The number of rotatable bonds is 5. The number of hydrogen-bond acceptors (Lipinski definition) is 5. The van der Waals surface area contributed by atoms with Crippen molar-refractivity contribution < 1.29 is 14.3 Å². The average Bonchev–Trinajstić information content (AvgIpc) is 2.74. The molecule has 2 fully saturated rings. The van der Waals surface area contributed by atoms with Gasteiger partial charge >= 0.3 is 5.97 Å². The number of nitrogens with zero attached hydrogens (tertiary/aromatic N) is 3. The molecule has 1 aromatic carbocycles. The Labute approximate surface area is 167 Å². The minimum atomic E-state index is -0.123. The highest BCUT2D eigenvalue weighted by Gasteiger charge is 2.31. The first-order valence-corrected chi connectivity index (χ1v) is 10.3. The standard InChI is InChI=1S/C22H29N3O3/c1-2-28-21(26)15-17-7-11-25(12-8-17)22(27)19-9-13-24(14-10-19)20-5-3-18(16-23)4-6-20/h3-6,17,19H,2,7-15H2,1H3. The largest absolute Gasteiger partial charge is 0.466 e. The number of likely N-dealkylation sites (tertiary alicyclic amines) is 1. The smallest absolute Gasteiger partial charge is 0.306 e. The van der Waals surface area contributed by atoms with Crippen LogP contribution in [0.2, 0.25) is 0 Å². The molecule has 6 nitrogen and oxygen atoms in total. The maximum Gasteiger partial charge on any atom is 0.306 e. The van der Waals surface area contributed by atoms with Gasteiger partial charge in [0.2, 0.25) is 5.91 Å². The van der Waals surface area contributed by atoms with Gasteiger partial charge in [-0.2, -0.15) is 5.26 Å². The quantitative estimate of drug-likeness (QED) is 0.731. The molecular weight excluding hydrogens is 354 g/mol. The van der Waals surface area contributed by atoms with Crippen LogP contribution in [-0.2, 0) is 14.3 Å². The lowest BCUT2D eigenvalue weighted by atomic mass is 9.90. The SMILES string of the molecule is CCOC(=O)CC1CCN(C(=O)C2CCN(c3ccc(C#N)cc3)CC2)CC1. The Kier molecular flexibility index (Phi) is 6.91. The monoisotopic (exact) mass is 383 g/mol. The molecule has 0 bridgehead atoms. The van der Waals surface area contributed by atoms with Gasteiger partial charge in [0.05, 0.1) is 18.2 Å². The van der Waals surface area contributed by atoms with E-state index in [1.54, 1.807) is 0 Å². The second-order valence-corrected chi connectivity index (χ2v) is 7.70. The molecule has 0 N–H and O–H groups in total. The molecular formula is C22H29N3O3. The lowest BCUT2D eigenvalue weighted by Gasteiger charge is -2.38. The normalized spacial score (nSPS) is 18.6. The van der Waals surface area contributed by atoms with Gasteiger partial charge in [0, 0.05) is 44.2 Å². The summed E-state index contributed by atoms with van der Waals surface area (Å²) in [6.45, 7) is 5.48. The molecule has 1 amide bonds. The molecule has 150 valence electrons. The summed E-state index contributed by atoms with van der Waals surface area (Å²) >= 11 is 0. The van der Waals surface area contributed by atoms with Gasteiger partial charge in [-0.1, -0.05) is 0 Å². The van der Waals surface area contributed by atoms with Crippen LogP contribution in [0.5, 0.6) is 0 Å². The number of nitriles is 1. The maximum absolute atomic E-state index is 12.9. The highest BCUT2D eigenvalue weighted by atomic mass is 16.5. The van der Waals surface area contributed by atoms with Crippen molar-refractivity contribution in [2.45, 2.75) is 39.0 Å². The lowest BCUT2D eigenvalue weighted by Crippen LogP contribution is -2.45. The number of carbonyl (C=O) groups is 2. The van der Waals surface area contributed by atoms with E-state index in [1.165, 1.54) is 0 Å². The molecule has 28 heavy (non-hydrogen) atoms. The molecule has 0 spiro atoms. The van der Waals surface area contributed by atoms with Crippen LogP contribution in [-0.4, -0.2) is 49.6 Å². The summed E-state index contributed by atoms with van der Waals surface area (Å²) in [5.74, 6) is 0.578. The fourth-order valence-corrected chi connectivity index (χ4v) is 4.20. The van der Waals surface area contributed by atoms with Gasteiger partial charge in [-0.25, -0.2) is 0 Å². The second kappa shape index (κ2) is 9.59. The van der Waals surface area contributed by atoms with Crippen LogP contribution in [0.25, 0.3) is 0 Å². The van der Waals surface area contributed by atoms with E-state index in [2.05, 4.69) is 11.0 Å². The topological polar surface area (TPSA) is 73.6 Å². The maximum atomic E-state index is 12.9. The molecule has 2 heterocycles. The molecule has 6 heteroatoms. The van der Waals surface area contributed by atoms with E-state index >= 15 is 0 Å². The Balaban J connectivity index is 1.44. The van der Waals surface area contributed by atoms with Gasteiger partial charge in [-0.05, 0) is 62.8 Å². The molecule has 3 rings (SSSR count). The second-order valence-electron chi connectivity index (χ2n) is 7.70. The molecule has 2 aliphatic heterocycles. The summed E-state index contributed by atoms with van der Waals surface area (Å²) in [4.78, 5) is 28.8. The molecule has 2 aliphatic rings. The summed E-state index contributed by atoms with van der Waals surface area (Å²) in [6.07, 6.45) is 3.96. The summed E-state index contributed by atoms with van der Waals surface area (Å²) in [6, 6.07) is 9.78. The predicted octanol–water partition coefficient (Wildman–Crippen LogP) is 2.97. The third-order valence-corrected chi connectivity index (χ3v) is 5.89. The van der Waals surface area contributed by atoms with E-state index in [1.807, 2.05) is 36.1 Å². The van der Waals surface area contributed by atoms with Crippen LogP contribution in [0.4, 0.5) is 5.69 Å². The Hall–Kier alpha value is -2.55. The Morgan fingerprint density at radius 1 is 1.07 bits per heavy atom. The van der Waals surface area contributed by atoms with E-state index in [-0.39, 0.29) is 17.8 Å². The van der Waals surface area contributed by atoms with Gasteiger partial charge in [0.15, 0.2) is 0 Å². The van der Waals surface area contributed by atoms with Crippen LogP contribution in [0.3, 0.4) is 0 Å². The zero-order chi connectivity index (χ0) is 19.9. The van der Waals surface area contributed by atoms with E-state index < -0.39 is 0 Å². The molecule has 0 atom stereocenters. The van der Waals surface area contributed by atoms with Gasteiger partial charge in [0.1, 0.15) is 0 Å². The lowest BCUT2D eigenvalue weighted by molar-refractivity contribution is -0.144. The number of anilines is 1. The first-order chi connectivity index (χ1) is 13.6. The third-order valence-electron chi connectivity index (χ3n) is 5.89. The fraction of sp³-hybridized carbons (Fsp3) is 0.591. The fourth-order valence-electron chi connectivity index (χ4n) is 4.20. The van der Waals surface area contributed by atoms with E-state index in [9.17, 15) is 9.59 Å². The molecule has 0 aliphatic carbocycles. The highest BCUT2D eigenvalue weighted by molar-refractivity contribution is 5.79. The van der Waals surface area contributed by atoms with Gasteiger partial charge in [-0.15, -0.1) is 0 Å². The van der Waals surface area contributed by atoms with Crippen LogP contribution in [0.1, 0.15) is 44.6 Å². The van der Waals surface area contributed by atoms with Crippen molar-refractivity contribution in [2.75, 3.05) is 37.7 Å². The number of ether oxygens (including phenoxy) is 1. The zero-order valence-electron chi connectivity index (χ0n) is 16.6. The predicted molar refractivity (Wildman–Crippen MR) is 107 cm³/mol. The van der Waals surface area contributed by atoms with E-state index in [0.29, 0.717) is 24.5 Å². The van der Waals surface area contributed by atoms with Gasteiger partial charge in [-0.3, -0.25) is 9.59 Å². The van der Waals surface area contributed by atoms with Crippen molar-refractivity contribution in [3.63, 3.8) is 0 Å². The Morgan fingerprint density at radius 2 is 1.71 bits per heavy atom. The van der Waals surface area contributed by atoms with E-state index in [4.69, 9.17) is 10.00 Å². The van der Waals surface area contributed by atoms with Crippen LogP contribution < -0.4 is 4.90 Å². The Morgan fingerprint density at radius 3 is 2.29 bits per heavy atom. The number of amides is 1. The molecule has 0 aromatic heterocycles. The summed E-state index contributed by atoms with van der Waals surface area (Å²) in [5, 5.41) is 8.91. The molecule has 0 radical (unpaired) electrons. The van der Waals surface area contributed by atoms with Crippen molar-refractivity contribution in [3.8, 4) is 6.07 Å². The number of benzene rings is 1. The molecule has 0 unspecified atom stereocenters. The number of esters is 1. The minimum absolute atomic E-state index is 0.0937. The summed E-state index contributed by atoms with van der Waals surface area (Å²) in [5.41, 5.74) is 1.78. The zero-order valence-corrected chi connectivity index (χ0v) is 16.6. The molecule has 2 saturated heterocycles. The van der Waals surface area contributed by atoms with Crippen molar-refractivity contribution >= 4 is 17.6 Å². The van der Waals surface area contributed by atoms with Crippen LogP contribution >= 0.6 is 0 Å². The van der Waals surface area contributed by atoms with Gasteiger partial charge in [0.25, 0.3) is 0 Å². The third kappa shape index (κ3) is 5.03. The first-order valence-electron chi connectivity index (χ1n) is 10.3. The Bertz CT molecular complexity index is 710. The van der Waals surface area contributed by atoms with Crippen molar-refractivity contribution in [2.24, 2.45) is 11.8 Å². The molecule has 0 saturated carbocycles. The van der Waals surface area contributed by atoms with Crippen LogP contribution in [0.15, 0.2) is 24.3 Å². The number of carbonyl (C=O) groups excluding carboxylic acids is 2. The first kappa shape index (κ1) is 20.2. The number of piperidine rings is 2. The van der Waals surface area contributed by atoms with Crippen molar-refractivity contribution in [1.29, 1.82) is 5.26 Å². The summed E-state index contributed by atoms with van der Waals surface area (Å²) in [7, 11) is 0. The average molecular weight is 383 g/mol. The number of hydrogen-bond donors (Lipinski definition) is 0. The van der Waals surface area contributed by atoms with E-state index in [0.717, 1.165) is 57.5 Å². The summed E-state index contributed by atoms with van der Waals surface area (Å²) < 4.78 is 5.03. The van der Waals surface area contributed by atoms with Crippen molar-refractivity contribution in [1.82, 2.24) is 4.90 Å². The van der Waals surface area contributed by atoms with Gasteiger partial charge < -0.3 is 14.5 Å². The molecule has 1 aromatic rings. The van der Waals surface area contributed by atoms with Crippen LogP contribution in [0, 0.1) is 23.2 Å². The van der Waals surface area contributed by atoms with Crippen molar-refractivity contribution in [3.05, 3.63) is 29.8 Å². The highest BCUT2D eigenvalue weighted by Crippen LogP contribution is 2.27. The minimum Gasteiger partial charge on any atom is -0.466 e.